The predicted octanol–water partition coefficient (Wildman–Crippen LogP) is 13.6. The van der Waals surface area contributed by atoms with Gasteiger partial charge in [0.25, 0.3) is 0 Å². The van der Waals surface area contributed by atoms with Gasteiger partial charge in [-0.15, -0.1) is 0 Å². The van der Waals surface area contributed by atoms with E-state index < -0.39 is 0 Å². The van der Waals surface area contributed by atoms with E-state index >= 15 is 0 Å². The number of aryl methyl sites for hydroxylation is 2. The number of aromatic hydroxyl groups is 3. The average Bonchev–Trinajstić information content (AvgIpc) is 4.07. The molecule has 10 nitrogen and oxygen atoms in total. The van der Waals surface area contributed by atoms with E-state index in [9.17, 15) is 15.3 Å². The standard InChI is InChI=1S/C42H37N3O3.C19H15NO.C3H9NO/c1-28-24-30(42(47)40(25-28)45-37-19-9-5-15-33(37)34-16-6-10-20-38(34)45)27-43(22-23-48-2)26-29-12-11-21-39(41(29)46)44-35-17-7-3-13-31(35)32-14-4-8-18-36(32)44;1-13-10-11-19(21)18(12-13)20-16-8-4-2-6-14(16)15-7-3-5-9-17(15)20;1-5-3-2-4/h3-21,24-25,46-47H,22-23,26-27H2,1-2H3;2-12,21H,1H3;2-4H2,1H3. The molecule has 12 rings (SSSR count). The number of hydrogen-bond donors (Lipinski definition) is 4. The van der Waals surface area contributed by atoms with Crippen LogP contribution in [0.15, 0.2) is 194 Å². The maximum Gasteiger partial charge on any atom is 0.144 e. The smallest absolute Gasteiger partial charge is 0.144 e. The fourth-order valence-electron chi connectivity index (χ4n) is 10.4. The molecule has 0 aliphatic carbocycles. The van der Waals surface area contributed by atoms with E-state index in [-0.39, 0.29) is 11.5 Å². The number of phenols is 3. The molecule has 0 fully saturated rings. The molecule has 0 aliphatic rings. The van der Waals surface area contributed by atoms with Gasteiger partial charge in [0.15, 0.2) is 0 Å². The Hall–Kier alpha value is -8.38. The molecule has 0 bridgehead atoms. The van der Waals surface area contributed by atoms with Crippen molar-refractivity contribution in [3.8, 4) is 34.3 Å². The van der Waals surface area contributed by atoms with Gasteiger partial charge in [-0.1, -0.05) is 133 Å². The highest BCUT2D eigenvalue weighted by atomic mass is 16.5. The van der Waals surface area contributed by atoms with E-state index in [0.29, 0.717) is 45.1 Å². The Labute approximate surface area is 430 Å². The Morgan fingerprint density at radius 3 is 1.23 bits per heavy atom. The highest BCUT2D eigenvalue weighted by Crippen LogP contribution is 2.40. The summed E-state index contributed by atoms with van der Waals surface area (Å²) in [6.07, 6.45) is 0. The summed E-state index contributed by atoms with van der Waals surface area (Å²) in [6, 6.07) is 65.7. The molecule has 0 radical (unpaired) electrons. The Kier molecular flexibility index (Phi) is 14.5. The van der Waals surface area contributed by atoms with Crippen molar-refractivity contribution in [1.82, 2.24) is 18.6 Å². The third-order valence-corrected chi connectivity index (χ3v) is 13.7. The van der Waals surface area contributed by atoms with Crippen LogP contribution in [0.25, 0.3) is 82.5 Å². The van der Waals surface area contributed by atoms with Crippen LogP contribution in [-0.4, -0.2) is 74.4 Å². The molecule has 9 aromatic carbocycles. The summed E-state index contributed by atoms with van der Waals surface area (Å²) < 4.78 is 16.5. The lowest BCUT2D eigenvalue weighted by molar-refractivity contribution is 0.139. The van der Waals surface area contributed by atoms with Gasteiger partial charge in [-0.2, -0.15) is 0 Å². The van der Waals surface area contributed by atoms with E-state index in [1.165, 1.54) is 10.8 Å². The molecule has 12 aromatic rings. The molecule has 0 unspecified atom stereocenters. The number of nitrogens with zero attached hydrogens (tertiary/aromatic N) is 4. The maximum absolute atomic E-state index is 11.9. The number of para-hydroxylation sites is 7. The van der Waals surface area contributed by atoms with Crippen molar-refractivity contribution < 1.29 is 24.8 Å². The van der Waals surface area contributed by atoms with Crippen LogP contribution in [-0.2, 0) is 22.6 Å². The summed E-state index contributed by atoms with van der Waals surface area (Å²) in [5.74, 6) is 0.788. The molecule has 3 heterocycles. The van der Waals surface area contributed by atoms with Gasteiger partial charge in [-0.05, 0) is 85.6 Å². The summed E-state index contributed by atoms with van der Waals surface area (Å²) in [4.78, 5) is 2.22. The maximum atomic E-state index is 11.9. The summed E-state index contributed by atoms with van der Waals surface area (Å²) in [7, 11) is 3.33. The van der Waals surface area contributed by atoms with E-state index in [0.717, 1.165) is 94.0 Å². The Morgan fingerprint density at radius 2 is 0.797 bits per heavy atom. The average molecular weight is 980 g/mol. The number of hydrogen-bond acceptors (Lipinski definition) is 7. The fraction of sp³-hybridized carbons (Fsp3) is 0.156. The fourth-order valence-corrected chi connectivity index (χ4v) is 10.4. The molecular formula is C64H61N5O5. The number of methoxy groups -OCH3 is 2. The minimum atomic E-state index is 0.242. The second-order valence-electron chi connectivity index (χ2n) is 18.7. The third-order valence-electron chi connectivity index (χ3n) is 13.7. The van der Waals surface area contributed by atoms with Crippen LogP contribution >= 0.6 is 0 Å². The lowest BCUT2D eigenvalue weighted by Gasteiger charge is -2.25. The number of aromatic nitrogens is 3. The zero-order chi connectivity index (χ0) is 51.3. The van der Waals surface area contributed by atoms with Crippen LogP contribution in [0, 0.1) is 13.8 Å². The number of rotatable bonds is 12. The molecule has 74 heavy (non-hydrogen) atoms. The monoisotopic (exact) mass is 979 g/mol. The number of ether oxygens (including phenoxy) is 2. The largest absolute Gasteiger partial charge is 0.506 e. The SMILES string of the molecule is COCCN.COCCN(Cc1cccc(-n2c3ccccc3c3ccccc32)c1O)Cc1cc(C)cc(-n2c3ccccc3c3ccccc32)c1O.Cc1ccc(O)c(-n2c3ccccc3c3ccccc32)c1. The molecule has 0 amide bonds. The second kappa shape index (κ2) is 21.8. The topological polar surface area (TPSA) is 123 Å². The van der Waals surface area contributed by atoms with Gasteiger partial charge in [0.1, 0.15) is 17.2 Å². The van der Waals surface area contributed by atoms with E-state index in [1.807, 2.05) is 73.7 Å². The number of fused-ring (bicyclic) bond motifs is 9. The highest BCUT2D eigenvalue weighted by molar-refractivity contribution is 6.11. The van der Waals surface area contributed by atoms with Gasteiger partial charge in [0.05, 0.1) is 63.4 Å². The van der Waals surface area contributed by atoms with Crippen molar-refractivity contribution in [3.63, 3.8) is 0 Å². The van der Waals surface area contributed by atoms with Crippen LogP contribution < -0.4 is 5.73 Å². The predicted molar refractivity (Wildman–Crippen MR) is 304 cm³/mol. The van der Waals surface area contributed by atoms with Crippen LogP contribution in [0.5, 0.6) is 17.2 Å². The molecule has 372 valence electrons. The molecule has 0 aliphatic heterocycles. The first kappa shape index (κ1) is 49.2. The molecule has 10 heteroatoms. The molecule has 0 atom stereocenters. The van der Waals surface area contributed by atoms with Crippen molar-refractivity contribution in [2.24, 2.45) is 5.73 Å². The summed E-state index contributed by atoms with van der Waals surface area (Å²) in [5, 5.41) is 41.1. The van der Waals surface area contributed by atoms with E-state index in [2.05, 4.69) is 152 Å². The molecule has 5 N–H and O–H groups in total. The molecule has 3 aromatic heterocycles. The first-order valence-corrected chi connectivity index (χ1v) is 25.0. The third kappa shape index (κ3) is 9.43. The van der Waals surface area contributed by atoms with Gasteiger partial charge in [0.2, 0.25) is 0 Å². The first-order chi connectivity index (χ1) is 36.2. The van der Waals surface area contributed by atoms with Crippen molar-refractivity contribution in [2.45, 2.75) is 26.9 Å². The van der Waals surface area contributed by atoms with Gasteiger partial charge in [0, 0.05) is 83.8 Å². The van der Waals surface area contributed by atoms with Gasteiger partial charge in [-0.25, -0.2) is 0 Å². The quantitative estimate of drug-likeness (QED) is 0.0961. The molecule has 0 spiro atoms. The minimum Gasteiger partial charge on any atom is -0.506 e. The Balaban J connectivity index is 0.000000198. The van der Waals surface area contributed by atoms with Crippen molar-refractivity contribution in [1.29, 1.82) is 0 Å². The zero-order valence-corrected chi connectivity index (χ0v) is 42.2. The zero-order valence-electron chi connectivity index (χ0n) is 42.2. The van der Waals surface area contributed by atoms with Crippen LogP contribution in [0.1, 0.15) is 22.3 Å². The van der Waals surface area contributed by atoms with Crippen LogP contribution in [0.2, 0.25) is 0 Å². The van der Waals surface area contributed by atoms with Gasteiger partial charge >= 0.3 is 0 Å². The Morgan fingerprint density at radius 1 is 0.405 bits per heavy atom. The summed E-state index contributed by atoms with van der Waals surface area (Å²) in [6.45, 7) is 7.47. The number of phenolic OH excluding ortho intramolecular Hbond substituents is 3. The summed E-state index contributed by atoms with van der Waals surface area (Å²) >= 11 is 0. The van der Waals surface area contributed by atoms with Crippen molar-refractivity contribution in [3.05, 3.63) is 216 Å². The number of benzene rings is 9. The highest BCUT2D eigenvalue weighted by Gasteiger charge is 2.22. The first-order valence-electron chi connectivity index (χ1n) is 25.0. The van der Waals surface area contributed by atoms with Crippen LogP contribution in [0.4, 0.5) is 0 Å². The molecule has 0 saturated carbocycles. The van der Waals surface area contributed by atoms with Gasteiger partial charge in [-0.3, -0.25) is 4.90 Å². The lowest BCUT2D eigenvalue weighted by atomic mass is 10.1. The minimum absolute atomic E-state index is 0.242. The molecule has 0 saturated heterocycles. The molecular weight excluding hydrogens is 919 g/mol. The van der Waals surface area contributed by atoms with Gasteiger partial charge < -0.3 is 44.2 Å². The van der Waals surface area contributed by atoms with Crippen LogP contribution in [0.3, 0.4) is 0 Å². The van der Waals surface area contributed by atoms with E-state index in [1.54, 1.807) is 20.3 Å². The number of nitrogens with two attached hydrogens (primary N) is 1. The van der Waals surface area contributed by atoms with Crippen molar-refractivity contribution >= 4 is 65.4 Å². The van der Waals surface area contributed by atoms with E-state index in [4.69, 9.17) is 10.5 Å². The van der Waals surface area contributed by atoms with Crippen molar-refractivity contribution in [2.75, 3.05) is 40.5 Å². The second-order valence-corrected chi connectivity index (χ2v) is 18.7. The Bertz CT molecular complexity index is 3780. The lowest BCUT2D eigenvalue weighted by Crippen LogP contribution is -2.27. The normalized spacial score (nSPS) is 11.5. The summed E-state index contributed by atoms with van der Waals surface area (Å²) in [5.41, 5.74) is 17.6.